The fourth-order valence-electron chi connectivity index (χ4n) is 3.68. The van der Waals surface area contributed by atoms with Gasteiger partial charge in [0.05, 0.1) is 13.0 Å². The first-order chi connectivity index (χ1) is 18.3. The maximum absolute atomic E-state index is 12.5. The molecule has 1 fully saturated rings. The fraction of sp³-hybridized carbons (Fsp3) is 0.185. The van der Waals surface area contributed by atoms with E-state index in [1.165, 1.54) is 4.90 Å². The number of amides is 3. The summed E-state index contributed by atoms with van der Waals surface area (Å²) in [7, 11) is 1.59. The number of hydrogen-bond donors (Lipinski definition) is 2. The van der Waals surface area contributed by atoms with Crippen molar-refractivity contribution in [2.45, 2.75) is 6.42 Å². The number of esters is 1. The molecule has 11 heteroatoms. The maximum Gasteiger partial charge on any atom is 0.311 e. The third kappa shape index (κ3) is 6.88. The van der Waals surface area contributed by atoms with Gasteiger partial charge >= 0.3 is 5.97 Å². The standard InChI is InChI=1S/C27H24BrN3O7/c1-36-21-10-12-23(13-11-21)38-22-8-6-20(7-9-22)31-15-18(14-25(31)33)27(35)37-16-24(32)29-30-26(34)17-2-4-19(28)5-3-17/h2-13,18H,14-16H2,1H3,(H,29,32)(H,30,34)/t18-/m1/s1. The smallest absolute Gasteiger partial charge is 0.311 e. The lowest BCUT2D eigenvalue weighted by molar-refractivity contribution is -0.152. The zero-order chi connectivity index (χ0) is 27.1. The molecule has 1 aliphatic rings. The molecule has 1 aliphatic heterocycles. The lowest BCUT2D eigenvalue weighted by Crippen LogP contribution is -2.43. The van der Waals surface area contributed by atoms with Gasteiger partial charge in [-0.2, -0.15) is 0 Å². The van der Waals surface area contributed by atoms with Crippen LogP contribution in [0.3, 0.4) is 0 Å². The highest BCUT2D eigenvalue weighted by atomic mass is 79.9. The summed E-state index contributed by atoms with van der Waals surface area (Å²) >= 11 is 3.27. The van der Waals surface area contributed by atoms with Gasteiger partial charge in [0.2, 0.25) is 5.91 Å². The topological polar surface area (TPSA) is 123 Å². The van der Waals surface area contributed by atoms with E-state index in [1.54, 1.807) is 79.9 Å². The highest BCUT2D eigenvalue weighted by Crippen LogP contribution is 2.29. The molecule has 2 N–H and O–H groups in total. The zero-order valence-corrected chi connectivity index (χ0v) is 21.9. The van der Waals surface area contributed by atoms with Crippen LogP contribution in [0, 0.1) is 5.92 Å². The number of hydrogen-bond acceptors (Lipinski definition) is 7. The molecule has 0 radical (unpaired) electrons. The highest BCUT2D eigenvalue weighted by molar-refractivity contribution is 9.10. The van der Waals surface area contributed by atoms with E-state index in [0.29, 0.717) is 22.7 Å². The van der Waals surface area contributed by atoms with E-state index in [0.717, 1.165) is 10.2 Å². The molecule has 0 bridgehead atoms. The summed E-state index contributed by atoms with van der Waals surface area (Å²) < 4.78 is 16.8. The Balaban J connectivity index is 1.23. The Morgan fingerprint density at radius 3 is 2.13 bits per heavy atom. The number of carbonyl (C=O) groups is 4. The Morgan fingerprint density at radius 2 is 1.50 bits per heavy atom. The molecule has 0 saturated carbocycles. The first kappa shape index (κ1) is 26.7. The van der Waals surface area contributed by atoms with Gasteiger partial charge in [-0.15, -0.1) is 0 Å². The third-order valence-electron chi connectivity index (χ3n) is 5.67. The van der Waals surface area contributed by atoms with Crippen LogP contribution < -0.4 is 25.2 Å². The largest absolute Gasteiger partial charge is 0.497 e. The molecule has 4 rings (SSSR count). The van der Waals surface area contributed by atoms with Crippen molar-refractivity contribution in [3.05, 3.63) is 82.8 Å². The molecule has 0 aliphatic carbocycles. The second kappa shape index (κ2) is 12.2. The summed E-state index contributed by atoms with van der Waals surface area (Å²) in [5.74, 6) is -0.917. The van der Waals surface area contributed by atoms with Gasteiger partial charge in [-0.25, -0.2) is 0 Å². The number of anilines is 1. The number of carbonyl (C=O) groups excluding carboxylic acids is 4. The van der Waals surface area contributed by atoms with Crippen LogP contribution in [0.5, 0.6) is 17.2 Å². The van der Waals surface area contributed by atoms with E-state index in [1.807, 2.05) is 0 Å². The number of halogens is 1. The minimum atomic E-state index is -0.720. The van der Waals surface area contributed by atoms with Crippen LogP contribution in [0.2, 0.25) is 0 Å². The monoisotopic (exact) mass is 581 g/mol. The van der Waals surface area contributed by atoms with E-state index in [2.05, 4.69) is 26.8 Å². The molecular weight excluding hydrogens is 558 g/mol. The van der Waals surface area contributed by atoms with Crippen LogP contribution in [0.15, 0.2) is 77.3 Å². The molecular formula is C27H24BrN3O7. The summed E-state index contributed by atoms with van der Waals surface area (Å²) in [5.41, 5.74) is 5.39. The highest BCUT2D eigenvalue weighted by Gasteiger charge is 2.36. The molecule has 0 spiro atoms. The van der Waals surface area contributed by atoms with E-state index < -0.39 is 30.3 Å². The van der Waals surface area contributed by atoms with Crippen LogP contribution in [-0.2, 0) is 19.1 Å². The molecule has 10 nitrogen and oxygen atoms in total. The number of methoxy groups -OCH3 is 1. The summed E-state index contributed by atoms with van der Waals surface area (Å²) in [4.78, 5) is 50.5. The second-order valence-electron chi connectivity index (χ2n) is 8.29. The van der Waals surface area contributed by atoms with Gasteiger partial charge in [-0.1, -0.05) is 15.9 Å². The van der Waals surface area contributed by atoms with Crippen molar-refractivity contribution in [3.8, 4) is 17.2 Å². The third-order valence-corrected chi connectivity index (χ3v) is 6.20. The summed E-state index contributed by atoms with van der Waals surface area (Å²) in [6, 6.07) is 20.6. The Morgan fingerprint density at radius 1 is 0.895 bits per heavy atom. The number of rotatable bonds is 8. The average molecular weight is 582 g/mol. The lowest BCUT2D eigenvalue weighted by Gasteiger charge is -2.17. The van der Waals surface area contributed by atoms with Gasteiger partial charge in [0.15, 0.2) is 6.61 Å². The summed E-state index contributed by atoms with van der Waals surface area (Å²) in [5, 5.41) is 0. The molecule has 0 aromatic heterocycles. The number of nitrogens with zero attached hydrogens (tertiary/aromatic N) is 1. The average Bonchev–Trinajstić information content (AvgIpc) is 3.33. The normalized spacial score (nSPS) is 14.5. The van der Waals surface area contributed by atoms with Gasteiger partial charge in [-0.05, 0) is 72.8 Å². The van der Waals surface area contributed by atoms with Crippen LogP contribution in [0.4, 0.5) is 5.69 Å². The van der Waals surface area contributed by atoms with Crippen LogP contribution in [0.25, 0.3) is 0 Å². The van der Waals surface area contributed by atoms with E-state index in [-0.39, 0.29) is 18.9 Å². The van der Waals surface area contributed by atoms with Crippen molar-refractivity contribution in [1.82, 2.24) is 10.9 Å². The second-order valence-corrected chi connectivity index (χ2v) is 9.21. The minimum Gasteiger partial charge on any atom is -0.497 e. The molecule has 1 heterocycles. The molecule has 3 amide bonds. The number of ether oxygens (including phenoxy) is 3. The first-order valence-corrected chi connectivity index (χ1v) is 12.4. The van der Waals surface area contributed by atoms with Crippen molar-refractivity contribution in [1.29, 1.82) is 0 Å². The molecule has 196 valence electrons. The number of nitrogens with one attached hydrogen (secondary N) is 2. The van der Waals surface area contributed by atoms with Gasteiger partial charge in [-0.3, -0.25) is 30.0 Å². The van der Waals surface area contributed by atoms with Crippen molar-refractivity contribution in [2.24, 2.45) is 5.92 Å². The Kier molecular flexibility index (Phi) is 8.59. The lowest BCUT2D eigenvalue weighted by atomic mass is 10.1. The molecule has 3 aromatic rings. The molecule has 0 unspecified atom stereocenters. The number of hydrazine groups is 1. The van der Waals surface area contributed by atoms with Gasteiger partial charge in [0.1, 0.15) is 17.2 Å². The quantitative estimate of drug-likeness (QED) is 0.307. The van der Waals surface area contributed by atoms with Crippen molar-refractivity contribution in [3.63, 3.8) is 0 Å². The van der Waals surface area contributed by atoms with E-state index in [4.69, 9.17) is 14.2 Å². The van der Waals surface area contributed by atoms with Crippen LogP contribution in [0.1, 0.15) is 16.8 Å². The Hall–Kier alpha value is -4.38. The molecule has 3 aromatic carbocycles. The van der Waals surface area contributed by atoms with Crippen LogP contribution >= 0.6 is 15.9 Å². The van der Waals surface area contributed by atoms with E-state index in [9.17, 15) is 19.2 Å². The molecule has 1 atom stereocenters. The van der Waals surface area contributed by atoms with Gasteiger partial charge < -0.3 is 19.1 Å². The van der Waals surface area contributed by atoms with E-state index >= 15 is 0 Å². The number of benzene rings is 3. The predicted octanol–water partition coefficient (Wildman–Crippen LogP) is 3.61. The van der Waals surface area contributed by atoms with Crippen molar-refractivity contribution < 1.29 is 33.4 Å². The fourth-order valence-corrected chi connectivity index (χ4v) is 3.94. The van der Waals surface area contributed by atoms with Gasteiger partial charge in [0, 0.05) is 28.7 Å². The van der Waals surface area contributed by atoms with Crippen molar-refractivity contribution in [2.75, 3.05) is 25.2 Å². The predicted molar refractivity (Wildman–Crippen MR) is 141 cm³/mol. The van der Waals surface area contributed by atoms with Crippen molar-refractivity contribution >= 4 is 45.3 Å². The maximum atomic E-state index is 12.5. The molecule has 1 saturated heterocycles. The summed E-state index contributed by atoms with van der Waals surface area (Å²) in [6.07, 6.45) is -0.0369. The van der Waals surface area contributed by atoms with Gasteiger partial charge in [0.25, 0.3) is 11.8 Å². The zero-order valence-electron chi connectivity index (χ0n) is 20.3. The minimum absolute atomic E-state index is 0.0369. The Bertz CT molecular complexity index is 1310. The summed E-state index contributed by atoms with van der Waals surface area (Å²) in [6.45, 7) is -0.472. The first-order valence-electron chi connectivity index (χ1n) is 11.6. The van der Waals surface area contributed by atoms with Crippen LogP contribution in [-0.4, -0.2) is 44.0 Å². The Labute approximate surface area is 227 Å². The molecule has 38 heavy (non-hydrogen) atoms. The SMILES string of the molecule is COc1ccc(Oc2ccc(N3C[C@H](C(=O)OCC(=O)NNC(=O)c4ccc(Br)cc4)CC3=O)cc2)cc1.